The SMILES string of the molecule is COC(=O)CCCn1c(C)nc2scc(-c3ccc(Cl)c(C)c3)c2c1=O. The minimum Gasteiger partial charge on any atom is -0.469 e. The molecule has 1 aromatic carbocycles. The molecule has 0 fully saturated rings. The van der Waals surface area contributed by atoms with E-state index in [-0.39, 0.29) is 17.9 Å². The van der Waals surface area contributed by atoms with Gasteiger partial charge in [-0.2, -0.15) is 0 Å². The number of carbonyl (C=O) groups is 1. The van der Waals surface area contributed by atoms with Gasteiger partial charge in [0.15, 0.2) is 0 Å². The van der Waals surface area contributed by atoms with Gasteiger partial charge >= 0.3 is 5.97 Å². The highest BCUT2D eigenvalue weighted by molar-refractivity contribution is 7.17. The van der Waals surface area contributed by atoms with Crippen LogP contribution >= 0.6 is 22.9 Å². The van der Waals surface area contributed by atoms with Gasteiger partial charge < -0.3 is 4.74 Å². The molecule has 2 heterocycles. The van der Waals surface area contributed by atoms with Gasteiger partial charge in [0.25, 0.3) is 5.56 Å². The maximum atomic E-state index is 13.1. The van der Waals surface area contributed by atoms with E-state index in [0.29, 0.717) is 29.2 Å². The normalized spacial score (nSPS) is 11.1. The van der Waals surface area contributed by atoms with Crippen LogP contribution in [0.15, 0.2) is 28.4 Å². The number of benzene rings is 1. The van der Waals surface area contributed by atoms with Crippen molar-refractivity contribution in [1.82, 2.24) is 9.55 Å². The van der Waals surface area contributed by atoms with Gasteiger partial charge in [0.05, 0.1) is 12.5 Å². The van der Waals surface area contributed by atoms with Crippen LogP contribution in [0.3, 0.4) is 0 Å². The molecule has 0 unspecified atom stereocenters. The highest BCUT2D eigenvalue weighted by atomic mass is 35.5. The molecule has 0 spiro atoms. The topological polar surface area (TPSA) is 61.2 Å². The van der Waals surface area contributed by atoms with Crippen molar-refractivity contribution in [2.75, 3.05) is 7.11 Å². The van der Waals surface area contributed by atoms with Crippen molar-refractivity contribution in [3.63, 3.8) is 0 Å². The lowest BCUT2D eigenvalue weighted by Gasteiger charge is -2.10. The second kappa shape index (κ2) is 7.60. The summed E-state index contributed by atoms with van der Waals surface area (Å²) in [6, 6.07) is 5.73. The lowest BCUT2D eigenvalue weighted by molar-refractivity contribution is -0.140. The summed E-state index contributed by atoms with van der Waals surface area (Å²) in [6.07, 6.45) is 0.799. The van der Waals surface area contributed by atoms with Crippen molar-refractivity contribution in [2.24, 2.45) is 0 Å². The van der Waals surface area contributed by atoms with Gasteiger partial charge in [-0.25, -0.2) is 4.98 Å². The highest BCUT2D eigenvalue weighted by Gasteiger charge is 2.16. The molecule has 26 heavy (non-hydrogen) atoms. The first-order chi connectivity index (χ1) is 12.4. The van der Waals surface area contributed by atoms with Crippen LogP contribution in [0.5, 0.6) is 0 Å². The number of fused-ring (bicyclic) bond motifs is 1. The van der Waals surface area contributed by atoms with E-state index in [2.05, 4.69) is 9.72 Å². The number of hydrogen-bond donors (Lipinski definition) is 0. The number of carbonyl (C=O) groups excluding carboxylic acids is 1. The van der Waals surface area contributed by atoms with Crippen molar-refractivity contribution < 1.29 is 9.53 Å². The Morgan fingerprint density at radius 3 is 2.81 bits per heavy atom. The minimum atomic E-state index is -0.280. The monoisotopic (exact) mass is 390 g/mol. The van der Waals surface area contributed by atoms with Gasteiger partial charge in [-0.1, -0.05) is 17.7 Å². The molecule has 0 saturated carbocycles. The Balaban J connectivity index is 2.05. The lowest BCUT2D eigenvalue weighted by Crippen LogP contribution is -2.24. The smallest absolute Gasteiger partial charge is 0.305 e. The van der Waals surface area contributed by atoms with E-state index < -0.39 is 0 Å². The molecule has 0 saturated heterocycles. The fourth-order valence-electron chi connectivity index (χ4n) is 2.90. The molecule has 0 N–H and O–H groups in total. The Bertz CT molecular complexity index is 1040. The molecule has 3 rings (SSSR count). The molecule has 0 aliphatic carbocycles. The molecule has 0 aliphatic rings. The van der Waals surface area contributed by atoms with Gasteiger partial charge in [-0.3, -0.25) is 14.2 Å². The number of ether oxygens (including phenoxy) is 1. The van der Waals surface area contributed by atoms with E-state index >= 15 is 0 Å². The number of hydrogen-bond acceptors (Lipinski definition) is 5. The Hall–Kier alpha value is -2.18. The molecular formula is C19H19ClN2O3S. The zero-order chi connectivity index (χ0) is 18.8. The standard InChI is InChI=1S/C19H19ClN2O3S/c1-11-9-13(6-7-15(11)20)14-10-26-18-17(14)19(24)22(12(2)21-18)8-4-5-16(23)25-3/h6-7,9-10H,4-5,8H2,1-3H3. The molecule has 5 nitrogen and oxygen atoms in total. The minimum absolute atomic E-state index is 0.0822. The third kappa shape index (κ3) is 3.52. The maximum Gasteiger partial charge on any atom is 0.305 e. The summed E-state index contributed by atoms with van der Waals surface area (Å²) in [5, 5.41) is 3.27. The quantitative estimate of drug-likeness (QED) is 0.607. The van der Waals surface area contributed by atoms with Crippen molar-refractivity contribution in [2.45, 2.75) is 33.2 Å². The van der Waals surface area contributed by atoms with Crippen molar-refractivity contribution >= 4 is 39.1 Å². The number of rotatable bonds is 5. The summed E-state index contributed by atoms with van der Waals surface area (Å²) in [5.41, 5.74) is 2.69. The Morgan fingerprint density at radius 1 is 1.35 bits per heavy atom. The maximum absolute atomic E-state index is 13.1. The number of aromatic nitrogens is 2. The fourth-order valence-corrected chi connectivity index (χ4v) is 4.00. The number of methoxy groups -OCH3 is 1. The van der Waals surface area contributed by atoms with Crippen LogP contribution in [0.1, 0.15) is 24.2 Å². The van der Waals surface area contributed by atoms with Crippen LogP contribution in [0.25, 0.3) is 21.3 Å². The van der Waals surface area contributed by atoms with Crippen LogP contribution < -0.4 is 5.56 Å². The van der Waals surface area contributed by atoms with Gasteiger partial charge in [0, 0.05) is 28.9 Å². The van der Waals surface area contributed by atoms with Gasteiger partial charge in [-0.15, -0.1) is 11.3 Å². The van der Waals surface area contributed by atoms with E-state index in [0.717, 1.165) is 21.5 Å². The number of thiophene rings is 1. The van der Waals surface area contributed by atoms with E-state index in [1.807, 2.05) is 37.4 Å². The highest BCUT2D eigenvalue weighted by Crippen LogP contribution is 2.32. The summed E-state index contributed by atoms with van der Waals surface area (Å²) >= 11 is 7.58. The molecule has 2 aromatic heterocycles. The van der Waals surface area contributed by atoms with Crippen molar-refractivity contribution in [3.8, 4) is 11.1 Å². The summed E-state index contributed by atoms with van der Waals surface area (Å²) in [4.78, 5) is 29.7. The first-order valence-electron chi connectivity index (χ1n) is 8.24. The summed E-state index contributed by atoms with van der Waals surface area (Å²) in [6.45, 7) is 4.18. The Morgan fingerprint density at radius 2 is 2.12 bits per heavy atom. The second-order valence-corrected chi connectivity index (χ2v) is 7.35. The summed E-state index contributed by atoms with van der Waals surface area (Å²) in [7, 11) is 1.36. The lowest BCUT2D eigenvalue weighted by atomic mass is 10.0. The van der Waals surface area contributed by atoms with Crippen LogP contribution in [0.2, 0.25) is 5.02 Å². The molecule has 0 amide bonds. The van der Waals surface area contributed by atoms with Crippen molar-refractivity contribution in [1.29, 1.82) is 0 Å². The van der Waals surface area contributed by atoms with Crippen LogP contribution in [-0.2, 0) is 16.1 Å². The summed E-state index contributed by atoms with van der Waals surface area (Å²) < 4.78 is 6.28. The number of nitrogens with zero attached hydrogens (tertiary/aromatic N) is 2. The Kier molecular flexibility index (Phi) is 5.44. The molecular weight excluding hydrogens is 372 g/mol. The fraction of sp³-hybridized carbons (Fsp3) is 0.316. The van der Waals surface area contributed by atoms with Gasteiger partial charge in [0.1, 0.15) is 10.7 Å². The third-order valence-corrected chi connectivity index (χ3v) is 5.64. The average molecular weight is 391 g/mol. The van der Waals surface area contributed by atoms with E-state index in [1.165, 1.54) is 18.4 Å². The van der Waals surface area contributed by atoms with Crippen LogP contribution in [0, 0.1) is 13.8 Å². The zero-order valence-electron chi connectivity index (χ0n) is 14.8. The second-order valence-electron chi connectivity index (χ2n) is 6.09. The van der Waals surface area contributed by atoms with Crippen LogP contribution in [-0.4, -0.2) is 22.6 Å². The molecule has 136 valence electrons. The number of esters is 1. The molecule has 0 radical (unpaired) electrons. The molecule has 0 bridgehead atoms. The largest absolute Gasteiger partial charge is 0.469 e. The average Bonchev–Trinajstić information content (AvgIpc) is 3.03. The first kappa shape index (κ1) is 18.6. The van der Waals surface area contributed by atoms with Gasteiger partial charge in [-0.05, 0) is 43.5 Å². The third-order valence-electron chi connectivity index (χ3n) is 4.34. The van der Waals surface area contributed by atoms with E-state index in [1.54, 1.807) is 4.57 Å². The predicted octanol–water partition coefficient (Wildman–Crippen LogP) is 4.35. The molecule has 3 aromatic rings. The number of aryl methyl sites for hydroxylation is 2. The van der Waals surface area contributed by atoms with E-state index in [4.69, 9.17) is 11.6 Å². The van der Waals surface area contributed by atoms with E-state index in [9.17, 15) is 9.59 Å². The van der Waals surface area contributed by atoms with Crippen molar-refractivity contribution in [3.05, 3.63) is 50.3 Å². The predicted molar refractivity (Wildman–Crippen MR) is 105 cm³/mol. The van der Waals surface area contributed by atoms with Crippen LogP contribution in [0.4, 0.5) is 0 Å². The zero-order valence-corrected chi connectivity index (χ0v) is 16.4. The first-order valence-corrected chi connectivity index (χ1v) is 9.50. The molecule has 0 atom stereocenters. The molecule has 0 aliphatic heterocycles. The Labute approximate surface area is 160 Å². The van der Waals surface area contributed by atoms with Gasteiger partial charge in [0.2, 0.25) is 0 Å². The molecule has 7 heteroatoms. The summed E-state index contributed by atoms with van der Waals surface area (Å²) in [5.74, 6) is 0.366. The number of halogens is 1.